The summed E-state index contributed by atoms with van der Waals surface area (Å²) >= 11 is 3.08. The van der Waals surface area contributed by atoms with E-state index in [-0.39, 0.29) is 11.8 Å². The Balaban J connectivity index is 1.30. The fraction of sp³-hybridized carbons (Fsp3) is 0.483. The highest BCUT2D eigenvalue weighted by molar-refractivity contribution is 8.01. The van der Waals surface area contributed by atoms with Gasteiger partial charge in [-0.1, -0.05) is 23.1 Å². The highest BCUT2D eigenvalue weighted by atomic mass is 32.2. The number of aryl methyl sites for hydroxylation is 2. The van der Waals surface area contributed by atoms with Crippen molar-refractivity contribution in [2.24, 2.45) is 0 Å². The van der Waals surface area contributed by atoms with Crippen LogP contribution in [-0.4, -0.2) is 96.2 Å². The van der Waals surface area contributed by atoms with Crippen LogP contribution in [0.25, 0.3) is 0 Å². The molecule has 0 saturated carbocycles. The summed E-state index contributed by atoms with van der Waals surface area (Å²) in [5.74, 6) is 2.77. The van der Waals surface area contributed by atoms with E-state index in [1.807, 2.05) is 38.2 Å². The van der Waals surface area contributed by atoms with Crippen LogP contribution < -0.4 is 15.0 Å². The minimum absolute atomic E-state index is 0.0321. The maximum absolute atomic E-state index is 13.5. The predicted molar refractivity (Wildman–Crippen MR) is 164 cm³/mol. The molecule has 2 amide bonds. The number of hydrogen-bond donors (Lipinski definition) is 1. The Hall–Kier alpha value is -3.42. The lowest BCUT2D eigenvalue weighted by molar-refractivity contribution is -0.130. The molecule has 11 nitrogen and oxygen atoms in total. The van der Waals surface area contributed by atoms with Crippen molar-refractivity contribution < 1.29 is 19.1 Å². The van der Waals surface area contributed by atoms with Crippen LogP contribution in [0.5, 0.6) is 5.75 Å². The maximum atomic E-state index is 13.5. The number of thiazole rings is 1. The fourth-order valence-corrected chi connectivity index (χ4v) is 7.30. The average molecular weight is 612 g/mol. The second-order valence-corrected chi connectivity index (χ2v) is 12.8. The van der Waals surface area contributed by atoms with Crippen molar-refractivity contribution in [3.8, 4) is 5.75 Å². The predicted octanol–water partition coefficient (Wildman–Crippen LogP) is 4.37. The molecule has 2 aliphatic rings. The van der Waals surface area contributed by atoms with Gasteiger partial charge in [0.15, 0.2) is 5.13 Å². The number of aromatic nitrogens is 3. The number of carbonyl (C=O) groups excluding carboxylic acids is 2. The summed E-state index contributed by atoms with van der Waals surface area (Å²) in [6.07, 6.45) is 4.02. The lowest BCUT2D eigenvalue weighted by atomic mass is 10.1. The van der Waals surface area contributed by atoms with E-state index in [1.54, 1.807) is 42.7 Å². The molecule has 2 fully saturated rings. The highest BCUT2D eigenvalue weighted by Gasteiger charge is 2.27. The van der Waals surface area contributed by atoms with Crippen molar-refractivity contribution in [2.75, 3.05) is 63.8 Å². The van der Waals surface area contributed by atoms with E-state index in [2.05, 4.69) is 25.2 Å². The SMILES string of the molecule is COC[C@@H]1CCCN1c1cc(Nc2ncc(Sc3cc(C(=O)N4CCN(C(C)=O)CC4)c(OC)cc3C)s2)nc(C)n1. The Labute approximate surface area is 254 Å². The number of methoxy groups -OCH3 is 2. The molecule has 0 radical (unpaired) electrons. The molecular weight excluding hydrogens is 574 g/mol. The van der Waals surface area contributed by atoms with Crippen LogP contribution in [0.4, 0.5) is 16.8 Å². The summed E-state index contributed by atoms with van der Waals surface area (Å²) in [5, 5.41) is 4.08. The van der Waals surface area contributed by atoms with Crippen LogP contribution in [0.15, 0.2) is 33.5 Å². The van der Waals surface area contributed by atoms with Gasteiger partial charge in [-0.3, -0.25) is 9.59 Å². The normalized spacial score (nSPS) is 17.1. The molecule has 5 rings (SSSR count). The average Bonchev–Trinajstić information content (AvgIpc) is 3.63. The number of nitrogens with zero attached hydrogens (tertiary/aromatic N) is 6. The van der Waals surface area contributed by atoms with Crippen LogP contribution in [0.1, 0.15) is 41.5 Å². The zero-order valence-electron chi connectivity index (χ0n) is 24.7. The van der Waals surface area contributed by atoms with Crippen LogP contribution in [-0.2, 0) is 9.53 Å². The first-order chi connectivity index (χ1) is 20.2. The molecule has 1 N–H and O–H groups in total. The van der Waals surface area contributed by atoms with E-state index < -0.39 is 0 Å². The molecule has 0 bridgehead atoms. The fourth-order valence-electron chi connectivity index (χ4n) is 5.35. The van der Waals surface area contributed by atoms with Crippen LogP contribution in [0.3, 0.4) is 0 Å². The maximum Gasteiger partial charge on any atom is 0.257 e. The Morgan fingerprint density at radius 1 is 1.07 bits per heavy atom. The Bertz CT molecular complexity index is 1440. The third-order valence-corrected chi connectivity index (χ3v) is 9.70. The number of nitrogens with one attached hydrogen (secondary N) is 1. The molecule has 0 spiro atoms. The largest absolute Gasteiger partial charge is 0.496 e. The summed E-state index contributed by atoms with van der Waals surface area (Å²) in [5.41, 5.74) is 1.52. The smallest absolute Gasteiger partial charge is 0.257 e. The molecule has 4 heterocycles. The number of carbonyl (C=O) groups is 2. The first-order valence-corrected chi connectivity index (χ1v) is 15.6. The highest BCUT2D eigenvalue weighted by Crippen LogP contribution is 2.39. The van der Waals surface area contributed by atoms with Gasteiger partial charge in [0.25, 0.3) is 5.91 Å². The summed E-state index contributed by atoms with van der Waals surface area (Å²) in [6, 6.07) is 6.09. The summed E-state index contributed by atoms with van der Waals surface area (Å²) in [4.78, 5) is 45.8. The molecular formula is C29H37N7O4S2. The third kappa shape index (κ3) is 6.79. The van der Waals surface area contributed by atoms with E-state index in [0.717, 1.165) is 45.0 Å². The van der Waals surface area contributed by atoms with Gasteiger partial charge in [0.1, 0.15) is 23.2 Å². The van der Waals surface area contributed by atoms with Gasteiger partial charge in [-0.2, -0.15) is 0 Å². The van der Waals surface area contributed by atoms with E-state index >= 15 is 0 Å². The Morgan fingerprint density at radius 2 is 1.83 bits per heavy atom. The van der Waals surface area contributed by atoms with E-state index in [1.165, 1.54) is 11.3 Å². The Kier molecular flexibility index (Phi) is 9.49. The number of benzene rings is 1. The lowest BCUT2D eigenvalue weighted by Crippen LogP contribution is -2.50. The zero-order valence-corrected chi connectivity index (χ0v) is 26.3. The van der Waals surface area contributed by atoms with Crippen LogP contribution >= 0.6 is 23.1 Å². The second-order valence-electron chi connectivity index (χ2n) is 10.4. The molecule has 42 heavy (non-hydrogen) atoms. The summed E-state index contributed by atoms with van der Waals surface area (Å²) in [7, 11) is 3.31. The number of piperazine rings is 1. The second kappa shape index (κ2) is 13.3. The molecule has 2 aromatic heterocycles. The van der Waals surface area contributed by atoms with E-state index in [0.29, 0.717) is 61.8 Å². The molecule has 2 aliphatic heterocycles. The van der Waals surface area contributed by atoms with Crippen molar-refractivity contribution in [1.82, 2.24) is 24.8 Å². The standard InChI is InChI=1S/C29H37N7O4S2/c1-18-13-23(40-5)22(28(38)35-11-9-34(10-12-35)20(3)37)14-24(18)41-27-16-30-29(42-27)33-25-15-26(32-19(2)31-25)36-8-6-7-21(36)17-39-4/h13-16,21H,6-12,17H2,1-5H3,(H,30,31,32,33)/t21-/m0/s1. The van der Waals surface area contributed by atoms with Gasteiger partial charge in [0, 0.05) is 57.7 Å². The van der Waals surface area contributed by atoms with Gasteiger partial charge in [-0.05, 0) is 44.4 Å². The van der Waals surface area contributed by atoms with E-state index in [9.17, 15) is 9.59 Å². The van der Waals surface area contributed by atoms with Gasteiger partial charge in [0.05, 0.1) is 35.7 Å². The van der Waals surface area contributed by atoms with Gasteiger partial charge in [-0.15, -0.1) is 0 Å². The topological polar surface area (TPSA) is 113 Å². The minimum Gasteiger partial charge on any atom is -0.496 e. The summed E-state index contributed by atoms with van der Waals surface area (Å²) < 4.78 is 12.0. The lowest BCUT2D eigenvalue weighted by Gasteiger charge is -2.34. The molecule has 13 heteroatoms. The van der Waals surface area contributed by atoms with Crippen molar-refractivity contribution in [3.63, 3.8) is 0 Å². The molecule has 0 aliphatic carbocycles. The van der Waals surface area contributed by atoms with Crippen molar-refractivity contribution in [2.45, 2.75) is 48.8 Å². The minimum atomic E-state index is -0.0933. The van der Waals surface area contributed by atoms with Crippen molar-refractivity contribution in [3.05, 3.63) is 41.3 Å². The van der Waals surface area contributed by atoms with Crippen LogP contribution in [0.2, 0.25) is 0 Å². The van der Waals surface area contributed by atoms with Crippen molar-refractivity contribution in [1.29, 1.82) is 0 Å². The molecule has 1 aromatic carbocycles. The third-order valence-electron chi connectivity index (χ3n) is 7.52. The molecule has 224 valence electrons. The summed E-state index contributed by atoms with van der Waals surface area (Å²) in [6.45, 7) is 9.14. The van der Waals surface area contributed by atoms with Crippen LogP contribution in [0, 0.1) is 13.8 Å². The molecule has 3 aromatic rings. The van der Waals surface area contributed by atoms with E-state index in [4.69, 9.17) is 9.47 Å². The Morgan fingerprint density at radius 3 is 2.55 bits per heavy atom. The molecule has 1 atom stereocenters. The quantitative estimate of drug-likeness (QED) is 0.374. The number of amides is 2. The first-order valence-electron chi connectivity index (χ1n) is 14.0. The first kappa shape index (κ1) is 30.1. The number of anilines is 3. The monoisotopic (exact) mass is 611 g/mol. The number of hydrogen-bond acceptors (Lipinski definition) is 11. The zero-order chi connectivity index (χ0) is 29.8. The van der Waals surface area contributed by atoms with Gasteiger partial charge in [0.2, 0.25) is 5.91 Å². The molecule has 0 unspecified atom stereocenters. The number of rotatable bonds is 9. The van der Waals surface area contributed by atoms with Gasteiger partial charge < -0.3 is 29.5 Å². The van der Waals surface area contributed by atoms with Crippen molar-refractivity contribution >= 4 is 51.7 Å². The van der Waals surface area contributed by atoms with Gasteiger partial charge >= 0.3 is 0 Å². The number of ether oxygens (including phenoxy) is 2. The van der Waals surface area contributed by atoms with Gasteiger partial charge in [-0.25, -0.2) is 15.0 Å². The molecule has 2 saturated heterocycles.